The van der Waals surface area contributed by atoms with E-state index in [2.05, 4.69) is 25.7 Å². The third-order valence-corrected chi connectivity index (χ3v) is 6.65. The zero-order chi connectivity index (χ0) is 26.2. The lowest BCUT2D eigenvalue weighted by molar-refractivity contribution is -0.147. The Labute approximate surface area is 214 Å². The molecule has 0 aliphatic rings. The van der Waals surface area contributed by atoms with Crippen molar-refractivity contribution in [1.29, 1.82) is 0 Å². The van der Waals surface area contributed by atoms with Crippen LogP contribution in [0.3, 0.4) is 0 Å². The normalized spacial score (nSPS) is 12.2. The van der Waals surface area contributed by atoms with E-state index in [1.54, 1.807) is 0 Å². The summed E-state index contributed by atoms with van der Waals surface area (Å²) in [5.74, 6) is 0.610. The van der Waals surface area contributed by atoms with E-state index in [0.717, 1.165) is 49.4 Å². The van der Waals surface area contributed by atoms with Gasteiger partial charge < -0.3 is 18.8 Å². The maximum atomic E-state index is 13.9. The second-order valence-corrected chi connectivity index (χ2v) is 9.12. The minimum absolute atomic E-state index is 0.0910. The van der Waals surface area contributed by atoms with Crippen LogP contribution in [0.15, 0.2) is 40.8 Å². The van der Waals surface area contributed by atoms with Crippen LogP contribution in [-0.4, -0.2) is 49.0 Å². The first kappa shape index (κ1) is 27.5. The molecule has 194 valence electrons. The van der Waals surface area contributed by atoms with Gasteiger partial charge in [-0.2, -0.15) is 0 Å². The number of likely N-dealkylation sites (N-methyl/N-ethyl adjacent to an activating group) is 1. The Balaban J connectivity index is 1.94. The van der Waals surface area contributed by atoms with Crippen molar-refractivity contribution in [3.8, 4) is 5.75 Å². The molecule has 0 unspecified atom stereocenters. The van der Waals surface area contributed by atoms with Gasteiger partial charge in [0.25, 0.3) is 0 Å². The SMILES string of the molecule is CCc1cc(C(=O)c2c(CC(=O)O[C@@H](C)CC)oc3ccccc23)cc(C)c1OCCN(CC)CC. The Morgan fingerprint density at radius 1 is 1.06 bits per heavy atom. The van der Waals surface area contributed by atoms with Crippen LogP contribution in [0.5, 0.6) is 5.75 Å². The Bertz CT molecular complexity index is 1190. The van der Waals surface area contributed by atoms with Gasteiger partial charge in [0.1, 0.15) is 30.1 Å². The third kappa shape index (κ3) is 6.35. The van der Waals surface area contributed by atoms with Crippen LogP contribution in [0, 0.1) is 6.92 Å². The maximum Gasteiger partial charge on any atom is 0.313 e. The lowest BCUT2D eigenvalue weighted by Crippen LogP contribution is -2.28. The Morgan fingerprint density at radius 3 is 2.44 bits per heavy atom. The summed E-state index contributed by atoms with van der Waals surface area (Å²) >= 11 is 0. The van der Waals surface area contributed by atoms with Gasteiger partial charge >= 0.3 is 5.97 Å². The predicted octanol–water partition coefficient (Wildman–Crippen LogP) is 6.14. The van der Waals surface area contributed by atoms with Crippen LogP contribution in [0.25, 0.3) is 11.0 Å². The summed E-state index contributed by atoms with van der Waals surface area (Å²) in [4.78, 5) is 28.7. The molecule has 0 fully saturated rings. The molecule has 2 aromatic carbocycles. The molecule has 0 aliphatic carbocycles. The highest BCUT2D eigenvalue weighted by molar-refractivity contribution is 6.17. The molecule has 0 saturated carbocycles. The van der Waals surface area contributed by atoms with Crippen LogP contribution < -0.4 is 4.74 Å². The van der Waals surface area contributed by atoms with Gasteiger partial charge in [-0.25, -0.2) is 0 Å². The summed E-state index contributed by atoms with van der Waals surface area (Å²) in [5, 5.41) is 0.698. The average molecular weight is 494 g/mol. The number of hydrogen-bond acceptors (Lipinski definition) is 6. The summed E-state index contributed by atoms with van der Waals surface area (Å²) < 4.78 is 17.6. The predicted molar refractivity (Wildman–Crippen MR) is 143 cm³/mol. The second kappa shape index (κ2) is 12.7. The molecular weight excluding hydrogens is 454 g/mol. The van der Waals surface area contributed by atoms with Crippen molar-refractivity contribution in [2.75, 3.05) is 26.2 Å². The Hall–Kier alpha value is -3.12. The number of carbonyl (C=O) groups is 2. The molecule has 0 aliphatic heterocycles. The fraction of sp³-hybridized carbons (Fsp3) is 0.467. The van der Waals surface area contributed by atoms with Gasteiger partial charge in [-0.05, 0) is 69.1 Å². The first-order chi connectivity index (χ1) is 17.3. The molecule has 0 saturated heterocycles. The van der Waals surface area contributed by atoms with Crippen molar-refractivity contribution in [2.45, 2.75) is 66.9 Å². The van der Waals surface area contributed by atoms with Gasteiger partial charge in [-0.1, -0.05) is 45.9 Å². The molecule has 1 aromatic heterocycles. The van der Waals surface area contributed by atoms with Crippen molar-refractivity contribution in [2.24, 2.45) is 0 Å². The first-order valence-corrected chi connectivity index (χ1v) is 13.1. The van der Waals surface area contributed by atoms with Crippen molar-refractivity contribution < 1.29 is 23.5 Å². The van der Waals surface area contributed by atoms with Crippen molar-refractivity contribution in [3.05, 3.63) is 64.4 Å². The number of esters is 1. The Kier molecular flexibility index (Phi) is 9.71. The molecule has 0 amide bonds. The molecule has 0 bridgehead atoms. The molecular formula is C30H39NO5. The fourth-order valence-corrected chi connectivity index (χ4v) is 4.36. The molecule has 36 heavy (non-hydrogen) atoms. The molecule has 3 aromatic rings. The summed E-state index contributed by atoms with van der Waals surface area (Å²) in [7, 11) is 0. The zero-order valence-electron chi connectivity index (χ0n) is 22.5. The third-order valence-electron chi connectivity index (χ3n) is 6.65. The van der Waals surface area contributed by atoms with Crippen LogP contribution in [0.4, 0.5) is 0 Å². The van der Waals surface area contributed by atoms with Crippen LogP contribution in [0.1, 0.15) is 73.8 Å². The van der Waals surface area contributed by atoms with Crippen LogP contribution in [0.2, 0.25) is 0 Å². The molecule has 1 heterocycles. The van der Waals surface area contributed by atoms with E-state index >= 15 is 0 Å². The maximum absolute atomic E-state index is 13.9. The fourth-order valence-electron chi connectivity index (χ4n) is 4.36. The first-order valence-electron chi connectivity index (χ1n) is 13.1. The van der Waals surface area contributed by atoms with E-state index in [0.29, 0.717) is 34.5 Å². The topological polar surface area (TPSA) is 69.0 Å². The van der Waals surface area contributed by atoms with Gasteiger partial charge in [-0.15, -0.1) is 0 Å². The zero-order valence-corrected chi connectivity index (χ0v) is 22.5. The van der Waals surface area contributed by atoms with E-state index in [1.165, 1.54) is 0 Å². The van der Waals surface area contributed by atoms with E-state index < -0.39 is 5.97 Å². The molecule has 6 nitrogen and oxygen atoms in total. The lowest BCUT2D eigenvalue weighted by atomic mass is 9.95. The van der Waals surface area contributed by atoms with Crippen molar-refractivity contribution in [1.82, 2.24) is 4.90 Å². The molecule has 1 atom stereocenters. The standard InChI is InChI=1S/C30H39NO5/c1-7-21(6)35-27(32)19-26-28(24-13-11-12-14-25(24)36-26)29(33)23-17-20(5)30(22(8-2)18-23)34-16-15-31(9-3)10-4/h11-14,17-18,21H,7-10,15-16,19H2,1-6H3/t21-/m0/s1. The second-order valence-electron chi connectivity index (χ2n) is 9.12. The lowest BCUT2D eigenvalue weighted by Gasteiger charge is -2.20. The van der Waals surface area contributed by atoms with E-state index in [1.807, 2.05) is 57.2 Å². The number of hydrogen-bond donors (Lipinski definition) is 0. The number of para-hydroxylation sites is 1. The monoisotopic (exact) mass is 493 g/mol. The highest BCUT2D eigenvalue weighted by atomic mass is 16.5. The average Bonchev–Trinajstić information content (AvgIpc) is 3.23. The molecule has 0 radical (unpaired) electrons. The number of benzene rings is 2. The highest BCUT2D eigenvalue weighted by Gasteiger charge is 2.25. The van der Waals surface area contributed by atoms with E-state index in [-0.39, 0.29) is 18.3 Å². The largest absolute Gasteiger partial charge is 0.492 e. The molecule has 0 spiro atoms. The minimum atomic E-state index is -0.403. The number of aryl methyl sites for hydroxylation is 2. The highest BCUT2D eigenvalue weighted by Crippen LogP contribution is 2.32. The molecule has 3 rings (SSSR count). The van der Waals surface area contributed by atoms with Crippen LogP contribution >= 0.6 is 0 Å². The summed E-state index contributed by atoms with van der Waals surface area (Å²) in [5.41, 5.74) is 3.47. The molecule has 0 N–H and O–H groups in total. The Morgan fingerprint density at radius 2 is 1.78 bits per heavy atom. The number of ether oxygens (including phenoxy) is 2. The quantitative estimate of drug-likeness (QED) is 0.210. The number of fused-ring (bicyclic) bond motifs is 1. The van der Waals surface area contributed by atoms with Gasteiger partial charge in [0.15, 0.2) is 5.78 Å². The molecule has 6 heteroatoms. The minimum Gasteiger partial charge on any atom is -0.492 e. The number of furan rings is 1. The van der Waals surface area contributed by atoms with E-state index in [9.17, 15) is 9.59 Å². The van der Waals surface area contributed by atoms with Gasteiger partial charge in [0, 0.05) is 17.5 Å². The number of carbonyl (C=O) groups excluding carboxylic acids is 2. The van der Waals surface area contributed by atoms with Gasteiger partial charge in [-0.3, -0.25) is 9.59 Å². The van der Waals surface area contributed by atoms with Gasteiger partial charge in [0.2, 0.25) is 0 Å². The van der Waals surface area contributed by atoms with Crippen LogP contribution in [-0.2, 0) is 22.4 Å². The number of ketones is 1. The number of rotatable bonds is 13. The van der Waals surface area contributed by atoms with Crippen molar-refractivity contribution >= 4 is 22.7 Å². The summed E-state index contributed by atoms with van der Waals surface area (Å²) in [6.45, 7) is 15.5. The summed E-state index contributed by atoms with van der Waals surface area (Å²) in [6, 6.07) is 11.2. The smallest absolute Gasteiger partial charge is 0.313 e. The van der Waals surface area contributed by atoms with Crippen molar-refractivity contribution in [3.63, 3.8) is 0 Å². The summed E-state index contributed by atoms with van der Waals surface area (Å²) in [6.07, 6.45) is 1.18. The van der Waals surface area contributed by atoms with E-state index in [4.69, 9.17) is 13.9 Å². The van der Waals surface area contributed by atoms with Gasteiger partial charge in [0.05, 0.1) is 11.7 Å². The number of nitrogens with zero attached hydrogens (tertiary/aromatic N) is 1.